The van der Waals surface area contributed by atoms with Crippen LogP contribution in [0.3, 0.4) is 0 Å². The molecule has 0 N–H and O–H groups in total. The van der Waals surface area contributed by atoms with E-state index in [9.17, 15) is 0 Å². The Kier molecular flexibility index (Phi) is 1.99. The Labute approximate surface area is 68.4 Å². The summed E-state index contributed by atoms with van der Waals surface area (Å²) in [5, 5.41) is 0. The summed E-state index contributed by atoms with van der Waals surface area (Å²) in [5.74, 6) is 0. The molecule has 0 amide bonds. The largest absolute Gasteiger partial charge is 0.370 e. The fourth-order valence-electron chi connectivity index (χ4n) is 1.83. The van der Waals surface area contributed by atoms with Crippen LogP contribution in [0.2, 0.25) is 0 Å². The molecule has 0 aromatic rings. The van der Waals surface area contributed by atoms with Crippen molar-refractivity contribution in [1.82, 2.24) is 0 Å². The van der Waals surface area contributed by atoms with E-state index in [1.165, 1.54) is 32.1 Å². The average Bonchev–Trinajstić information content (AvgIpc) is 2.72. The van der Waals surface area contributed by atoms with Gasteiger partial charge in [0.15, 0.2) is 0 Å². The van der Waals surface area contributed by atoms with Crippen molar-refractivity contribution < 1.29 is 4.74 Å². The van der Waals surface area contributed by atoms with E-state index < -0.39 is 0 Å². The van der Waals surface area contributed by atoms with E-state index in [1.54, 1.807) is 5.57 Å². The molecule has 0 saturated carbocycles. The van der Waals surface area contributed by atoms with E-state index in [0.717, 1.165) is 0 Å². The van der Waals surface area contributed by atoms with Crippen molar-refractivity contribution in [3.63, 3.8) is 0 Å². The van der Waals surface area contributed by atoms with E-state index in [4.69, 9.17) is 4.74 Å². The van der Waals surface area contributed by atoms with Crippen molar-refractivity contribution >= 4 is 0 Å². The molecular formula is C10H16O. The first-order valence-corrected chi connectivity index (χ1v) is 4.67. The molecule has 2 rings (SSSR count). The lowest BCUT2D eigenvalue weighted by Crippen LogP contribution is -1.92. The molecule has 0 bridgehead atoms. The molecule has 0 radical (unpaired) electrons. The smallest absolute Gasteiger partial charge is 0.0845 e. The Hall–Kier alpha value is -0.300. The van der Waals surface area contributed by atoms with Crippen LogP contribution in [0.15, 0.2) is 11.6 Å². The van der Waals surface area contributed by atoms with E-state index in [-0.39, 0.29) is 0 Å². The molecular weight excluding hydrogens is 136 g/mol. The lowest BCUT2D eigenvalue weighted by atomic mass is 10.1. The third kappa shape index (κ3) is 1.84. The Morgan fingerprint density at radius 1 is 1.36 bits per heavy atom. The topological polar surface area (TPSA) is 12.5 Å². The molecule has 1 heterocycles. The minimum absolute atomic E-state index is 0.622. The van der Waals surface area contributed by atoms with Crippen molar-refractivity contribution in [2.24, 2.45) is 0 Å². The highest BCUT2D eigenvalue weighted by atomic mass is 16.6. The third-order valence-corrected chi connectivity index (χ3v) is 2.70. The van der Waals surface area contributed by atoms with E-state index in [2.05, 4.69) is 13.0 Å². The molecule has 1 saturated heterocycles. The van der Waals surface area contributed by atoms with Gasteiger partial charge >= 0.3 is 0 Å². The van der Waals surface area contributed by atoms with E-state index >= 15 is 0 Å². The average molecular weight is 152 g/mol. The van der Waals surface area contributed by atoms with E-state index in [0.29, 0.717) is 12.2 Å². The fraction of sp³-hybridized carbons (Fsp3) is 0.800. The summed E-state index contributed by atoms with van der Waals surface area (Å²) in [5.41, 5.74) is 1.56. The minimum Gasteiger partial charge on any atom is -0.370 e. The summed E-state index contributed by atoms with van der Waals surface area (Å²) in [7, 11) is 0. The van der Waals surface area contributed by atoms with Gasteiger partial charge in [0.05, 0.1) is 12.2 Å². The normalized spacial score (nSPS) is 37.7. The number of fused-ring (bicyclic) bond motifs is 1. The molecule has 11 heavy (non-hydrogen) atoms. The molecule has 1 heteroatoms. The number of hydrogen-bond donors (Lipinski definition) is 0. The lowest BCUT2D eigenvalue weighted by Gasteiger charge is -1.96. The second kappa shape index (κ2) is 2.98. The van der Waals surface area contributed by atoms with Crippen LogP contribution in [0.4, 0.5) is 0 Å². The van der Waals surface area contributed by atoms with Crippen molar-refractivity contribution in [1.29, 1.82) is 0 Å². The zero-order valence-corrected chi connectivity index (χ0v) is 7.18. The molecule has 0 aromatic heterocycles. The Bertz CT molecular complexity index is 172. The molecule has 62 valence electrons. The predicted octanol–water partition coefficient (Wildman–Crippen LogP) is 2.66. The van der Waals surface area contributed by atoms with Crippen LogP contribution in [0.25, 0.3) is 0 Å². The van der Waals surface area contributed by atoms with Crippen LogP contribution in [0, 0.1) is 0 Å². The first-order chi connectivity index (χ1) is 5.36. The van der Waals surface area contributed by atoms with Gasteiger partial charge in [-0.05, 0) is 39.0 Å². The third-order valence-electron chi connectivity index (χ3n) is 2.70. The zero-order chi connectivity index (χ0) is 7.68. The Morgan fingerprint density at radius 2 is 2.18 bits per heavy atom. The summed E-state index contributed by atoms with van der Waals surface area (Å²) >= 11 is 0. The molecule has 0 aromatic carbocycles. The van der Waals surface area contributed by atoms with Crippen molar-refractivity contribution in [2.45, 2.75) is 51.2 Å². The first-order valence-electron chi connectivity index (χ1n) is 4.67. The van der Waals surface area contributed by atoms with Gasteiger partial charge in [0, 0.05) is 0 Å². The van der Waals surface area contributed by atoms with Crippen LogP contribution in [0.5, 0.6) is 0 Å². The molecule has 2 atom stereocenters. The van der Waals surface area contributed by atoms with Crippen molar-refractivity contribution in [3.8, 4) is 0 Å². The lowest BCUT2D eigenvalue weighted by molar-refractivity contribution is 0.352. The summed E-state index contributed by atoms with van der Waals surface area (Å²) in [6.07, 6.45) is 10.0. The Balaban J connectivity index is 1.91. The monoisotopic (exact) mass is 152 g/mol. The van der Waals surface area contributed by atoms with Crippen LogP contribution < -0.4 is 0 Å². The summed E-state index contributed by atoms with van der Waals surface area (Å²) < 4.78 is 5.51. The zero-order valence-electron chi connectivity index (χ0n) is 7.18. The van der Waals surface area contributed by atoms with Gasteiger partial charge in [0.2, 0.25) is 0 Å². The van der Waals surface area contributed by atoms with Gasteiger partial charge in [-0.2, -0.15) is 0 Å². The summed E-state index contributed by atoms with van der Waals surface area (Å²) in [4.78, 5) is 0. The number of rotatable bonds is 0. The Morgan fingerprint density at radius 3 is 3.09 bits per heavy atom. The van der Waals surface area contributed by atoms with Crippen molar-refractivity contribution in [3.05, 3.63) is 11.6 Å². The number of hydrogen-bond acceptors (Lipinski definition) is 1. The summed E-state index contributed by atoms with van der Waals surface area (Å²) in [6, 6.07) is 0. The van der Waals surface area contributed by atoms with Gasteiger partial charge < -0.3 is 4.74 Å². The maximum absolute atomic E-state index is 5.51. The predicted molar refractivity (Wildman–Crippen MR) is 45.5 cm³/mol. The van der Waals surface area contributed by atoms with Gasteiger partial charge in [0.25, 0.3) is 0 Å². The van der Waals surface area contributed by atoms with Gasteiger partial charge in [-0.25, -0.2) is 0 Å². The van der Waals surface area contributed by atoms with Crippen molar-refractivity contribution in [2.75, 3.05) is 0 Å². The second-order valence-corrected chi connectivity index (χ2v) is 3.73. The highest BCUT2D eigenvalue weighted by molar-refractivity contribution is 5.01. The van der Waals surface area contributed by atoms with Gasteiger partial charge in [-0.15, -0.1) is 0 Å². The van der Waals surface area contributed by atoms with Gasteiger partial charge in [-0.1, -0.05) is 11.6 Å². The maximum atomic E-state index is 5.51. The maximum Gasteiger partial charge on any atom is 0.0845 e. The highest BCUT2D eigenvalue weighted by Crippen LogP contribution is 2.33. The van der Waals surface area contributed by atoms with Gasteiger partial charge in [-0.3, -0.25) is 0 Å². The van der Waals surface area contributed by atoms with Crippen LogP contribution in [-0.4, -0.2) is 12.2 Å². The van der Waals surface area contributed by atoms with E-state index in [1.807, 2.05) is 0 Å². The molecule has 1 aliphatic heterocycles. The molecule has 0 spiro atoms. The molecule has 2 aliphatic rings. The van der Waals surface area contributed by atoms with Crippen LogP contribution in [-0.2, 0) is 4.74 Å². The number of allylic oxidation sites excluding steroid dienone is 2. The SMILES string of the molecule is CC1=CCCCC2OC2CC1. The van der Waals surface area contributed by atoms with Crippen LogP contribution >= 0.6 is 0 Å². The molecule has 1 aliphatic carbocycles. The first kappa shape index (κ1) is 7.35. The highest BCUT2D eigenvalue weighted by Gasteiger charge is 2.37. The number of ether oxygens (including phenoxy) is 1. The summed E-state index contributed by atoms with van der Waals surface area (Å²) in [6.45, 7) is 2.24. The fourth-order valence-corrected chi connectivity index (χ4v) is 1.83. The standard InChI is InChI=1S/C10H16O/c1-8-4-2-3-5-9-10(11-9)7-6-8/h4,9-10H,2-3,5-7H2,1H3. The van der Waals surface area contributed by atoms with Gasteiger partial charge in [0.1, 0.15) is 0 Å². The van der Waals surface area contributed by atoms with Crippen LogP contribution in [0.1, 0.15) is 39.0 Å². The molecule has 1 fully saturated rings. The second-order valence-electron chi connectivity index (χ2n) is 3.73. The number of epoxide rings is 1. The molecule has 1 nitrogen and oxygen atoms in total. The minimum atomic E-state index is 0.622. The quantitative estimate of drug-likeness (QED) is 0.384. The molecule has 2 unspecified atom stereocenters.